The van der Waals surface area contributed by atoms with E-state index >= 15 is 0 Å². The zero-order chi connectivity index (χ0) is 10.3. The van der Waals surface area contributed by atoms with Crippen molar-refractivity contribution in [3.8, 4) is 0 Å². The van der Waals surface area contributed by atoms with Crippen LogP contribution in [0.2, 0.25) is 0 Å². The molecule has 0 bridgehead atoms. The fourth-order valence-electron chi connectivity index (χ4n) is 1.35. The van der Waals surface area contributed by atoms with Gasteiger partial charge in [-0.25, -0.2) is 4.79 Å². The van der Waals surface area contributed by atoms with Crippen molar-refractivity contribution in [2.75, 3.05) is 5.73 Å². The lowest BCUT2D eigenvalue weighted by Gasteiger charge is -2.02. The molecule has 0 unspecified atom stereocenters. The van der Waals surface area contributed by atoms with E-state index in [-0.39, 0.29) is 5.63 Å². The van der Waals surface area contributed by atoms with E-state index in [2.05, 4.69) is 15.9 Å². The minimum absolute atomic E-state index is 0.374. The van der Waals surface area contributed by atoms with Crippen molar-refractivity contribution in [2.45, 2.75) is 6.92 Å². The summed E-state index contributed by atoms with van der Waals surface area (Å²) < 4.78 is 5.54. The maximum atomic E-state index is 11.3. The maximum absolute atomic E-state index is 11.3. The molecule has 1 aromatic carbocycles. The van der Waals surface area contributed by atoms with Gasteiger partial charge >= 0.3 is 5.63 Å². The molecule has 2 rings (SSSR count). The van der Waals surface area contributed by atoms with Crippen LogP contribution in [0.4, 0.5) is 5.69 Å². The van der Waals surface area contributed by atoms with Crippen molar-refractivity contribution in [3.05, 3.63) is 38.7 Å². The predicted octanol–water partition coefficient (Wildman–Crippen LogP) is 2.45. The van der Waals surface area contributed by atoms with Gasteiger partial charge in [0.25, 0.3) is 0 Å². The molecule has 0 amide bonds. The second-order valence-electron chi connectivity index (χ2n) is 3.08. The average Bonchev–Trinajstić information content (AvgIpc) is 2.14. The van der Waals surface area contributed by atoms with Crippen molar-refractivity contribution < 1.29 is 4.42 Å². The van der Waals surface area contributed by atoms with E-state index in [1.807, 2.05) is 13.0 Å². The van der Waals surface area contributed by atoms with Gasteiger partial charge in [0.15, 0.2) is 0 Å². The highest BCUT2D eigenvalue weighted by molar-refractivity contribution is 9.10. The van der Waals surface area contributed by atoms with E-state index in [1.54, 1.807) is 12.1 Å². The van der Waals surface area contributed by atoms with Crippen LogP contribution >= 0.6 is 15.9 Å². The number of nitrogen functional groups attached to an aromatic ring is 1. The molecule has 0 saturated carbocycles. The molecule has 0 aliphatic heterocycles. The van der Waals surface area contributed by atoms with Gasteiger partial charge in [0, 0.05) is 17.1 Å². The van der Waals surface area contributed by atoms with Gasteiger partial charge in [-0.1, -0.05) is 0 Å². The second-order valence-corrected chi connectivity index (χ2v) is 3.88. The van der Waals surface area contributed by atoms with Gasteiger partial charge in [-0.3, -0.25) is 0 Å². The lowest BCUT2D eigenvalue weighted by molar-refractivity contribution is 0.555. The first-order chi connectivity index (χ1) is 6.59. The minimum Gasteiger partial charge on any atom is -0.422 e. The molecule has 0 radical (unpaired) electrons. The molecule has 4 heteroatoms. The highest BCUT2D eigenvalue weighted by Crippen LogP contribution is 2.23. The zero-order valence-electron chi connectivity index (χ0n) is 7.50. The van der Waals surface area contributed by atoms with E-state index in [1.165, 1.54) is 0 Å². The third-order valence-electron chi connectivity index (χ3n) is 2.12. The smallest absolute Gasteiger partial charge is 0.350 e. The van der Waals surface area contributed by atoms with Crippen molar-refractivity contribution in [2.24, 2.45) is 0 Å². The summed E-state index contributed by atoms with van der Waals surface area (Å²) in [5.74, 6) is 0. The summed E-state index contributed by atoms with van der Waals surface area (Å²) in [6, 6.07) is 5.27. The number of benzene rings is 1. The molecule has 0 aliphatic carbocycles. The van der Waals surface area contributed by atoms with Crippen LogP contribution in [0.1, 0.15) is 5.56 Å². The maximum Gasteiger partial charge on any atom is 0.350 e. The predicted molar refractivity (Wildman–Crippen MR) is 59.3 cm³/mol. The Balaban J connectivity index is 2.98. The molecule has 1 aromatic heterocycles. The minimum atomic E-state index is -0.374. The summed E-state index contributed by atoms with van der Waals surface area (Å²) in [5.41, 5.74) is 7.19. The lowest BCUT2D eigenvalue weighted by atomic mass is 10.1. The number of hydrogen-bond donors (Lipinski definition) is 1. The third-order valence-corrected chi connectivity index (χ3v) is 3.04. The molecular weight excluding hydrogens is 246 g/mol. The van der Waals surface area contributed by atoms with Crippen LogP contribution in [0.25, 0.3) is 11.0 Å². The Morgan fingerprint density at radius 2 is 2.14 bits per heavy atom. The summed E-state index contributed by atoms with van der Waals surface area (Å²) in [5, 5.41) is 0.894. The molecule has 2 aromatic rings. The van der Waals surface area contributed by atoms with E-state index in [0.717, 1.165) is 10.9 Å². The third kappa shape index (κ3) is 1.32. The number of hydrogen-bond acceptors (Lipinski definition) is 3. The molecule has 2 N–H and O–H groups in total. The number of fused-ring (bicyclic) bond motifs is 1. The molecule has 72 valence electrons. The van der Waals surface area contributed by atoms with Crippen LogP contribution in [-0.2, 0) is 0 Å². The number of anilines is 1. The van der Waals surface area contributed by atoms with Crippen molar-refractivity contribution in [3.63, 3.8) is 0 Å². The Bertz CT molecular complexity index is 560. The first-order valence-corrected chi connectivity index (χ1v) is 4.87. The molecule has 0 saturated heterocycles. The Kier molecular flexibility index (Phi) is 2.07. The number of halogens is 1. The topological polar surface area (TPSA) is 56.2 Å². The van der Waals surface area contributed by atoms with Crippen LogP contribution in [0.5, 0.6) is 0 Å². The number of aryl methyl sites for hydroxylation is 1. The quantitative estimate of drug-likeness (QED) is 0.580. The average molecular weight is 254 g/mol. The van der Waals surface area contributed by atoms with Crippen LogP contribution < -0.4 is 11.4 Å². The first-order valence-electron chi connectivity index (χ1n) is 4.08. The summed E-state index contributed by atoms with van der Waals surface area (Å²) in [4.78, 5) is 11.3. The van der Waals surface area contributed by atoms with Gasteiger partial charge < -0.3 is 10.2 Å². The van der Waals surface area contributed by atoms with E-state index in [9.17, 15) is 4.79 Å². The van der Waals surface area contributed by atoms with Crippen LogP contribution in [0.15, 0.2) is 31.9 Å². The summed E-state index contributed by atoms with van der Waals surface area (Å²) in [6.07, 6.45) is 0. The fourth-order valence-corrected chi connectivity index (χ4v) is 1.64. The Labute approximate surface area is 88.7 Å². The van der Waals surface area contributed by atoms with Gasteiger partial charge in [0.2, 0.25) is 0 Å². The number of nitrogens with two attached hydrogens (primary N) is 1. The van der Waals surface area contributed by atoms with E-state index in [4.69, 9.17) is 10.2 Å². The van der Waals surface area contributed by atoms with Gasteiger partial charge in [-0.05, 0) is 40.5 Å². The van der Waals surface area contributed by atoms with Crippen molar-refractivity contribution in [1.82, 2.24) is 0 Å². The van der Waals surface area contributed by atoms with Crippen LogP contribution in [0, 0.1) is 6.92 Å². The molecule has 0 aliphatic rings. The summed E-state index contributed by atoms with van der Waals surface area (Å²) in [6.45, 7) is 1.86. The van der Waals surface area contributed by atoms with Crippen LogP contribution in [0.3, 0.4) is 0 Å². The van der Waals surface area contributed by atoms with Gasteiger partial charge in [-0.15, -0.1) is 0 Å². The highest BCUT2D eigenvalue weighted by atomic mass is 79.9. The van der Waals surface area contributed by atoms with Crippen molar-refractivity contribution >= 4 is 32.6 Å². The molecule has 3 nitrogen and oxygen atoms in total. The fraction of sp³-hybridized carbons (Fsp3) is 0.100. The summed E-state index contributed by atoms with van der Waals surface area (Å²) >= 11 is 3.18. The lowest BCUT2D eigenvalue weighted by Crippen LogP contribution is -2.02. The molecular formula is C10H8BrNO2. The van der Waals surface area contributed by atoms with E-state index < -0.39 is 0 Å². The normalized spacial score (nSPS) is 10.7. The van der Waals surface area contributed by atoms with Gasteiger partial charge in [-0.2, -0.15) is 0 Å². The molecule has 1 heterocycles. The molecule has 0 spiro atoms. The van der Waals surface area contributed by atoms with Gasteiger partial charge in [0.05, 0.1) is 0 Å². The Morgan fingerprint density at radius 3 is 2.86 bits per heavy atom. The standard InChI is InChI=1S/C10H8BrNO2/c1-5-7-3-2-6(12)4-8(7)14-10(13)9(5)11/h2-4H,12H2,1H3. The molecule has 0 fully saturated rings. The largest absolute Gasteiger partial charge is 0.422 e. The summed E-state index contributed by atoms with van der Waals surface area (Å²) in [7, 11) is 0. The monoisotopic (exact) mass is 253 g/mol. The van der Waals surface area contributed by atoms with E-state index in [0.29, 0.717) is 15.7 Å². The SMILES string of the molecule is Cc1c(Br)c(=O)oc2cc(N)ccc12. The van der Waals surface area contributed by atoms with Gasteiger partial charge in [0.1, 0.15) is 10.1 Å². The number of rotatable bonds is 0. The zero-order valence-corrected chi connectivity index (χ0v) is 9.09. The Morgan fingerprint density at radius 1 is 1.43 bits per heavy atom. The molecule has 14 heavy (non-hydrogen) atoms. The molecule has 0 atom stereocenters. The first kappa shape index (κ1) is 9.27. The van der Waals surface area contributed by atoms with Crippen molar-refractivity contribution in [1.29, 1.82) is 0 Å². The second kappa shape index (κ2) is 3.13. The Hall–Kier alpha value is -1.29. The highest BCUT2D eigenvalue weighted by Gasteiger charge is 2.07. The van der Waals surface area contributed by atoms with Crippen LogP contribution in [-0.4, -0.2) is 0 Å².